The number of aryl methyl sites for hydroxylation is 1. The Balaban J connectivity index is 2.14. The first-order valence-corrected chi connectivity index (χ1v) is 6.21. The van der Waals surface area contributed by atoms with Gasteiger partial charge in [-0.2, -0.15) is 18.3 Å². The summed E-state index contributed by atoms with van der Waals surface area (Å²) in [6, 6.07) is 2.58. The van der Waals surface area contributed by atoms with Gasteiger partial charge in [-0.1, -0.05) is 0 Å². The topological polar surface area (TPSA) is 30.7 Å². The number of nitrogens with zero attached hydrogens (tertiary/aromatic N) is 3. The fourth-order valence-corrected chi connectivity index (χ4v) is 2.66. The van der Waals surface area contributed by atoms with Gasteiger partial charge in [0.1, 0.15) is 18.0 Å². The van der Waals surface area contributed by atoms with Crippen LogP contribution < -0.4 is 0 Å². The fourth-order valence-electron chi connectivity index (χ4n) is 2.66. The molecule has 0 spiro atoms. The summed E-state index contributed by atoms with van der Waals surface area (Å²) in [6.07, 6.45) is -1.99. The highest BCUT2D eigenvalue weighted by atomic mass is 19.4. The molecule has 3 rings (SSSR count). The molecule has 106 valence electrons. The van der Waals surface area contributed by atoms with E-state index < -0.39 is 23.5 Å². The standard InChI is InChI=1S/C13H11F4N3/c14-8-3-4-11(13(15,16)17)10(6-8)9-2-1-5-20-12(9)18-7-19-20/h3-4,6-7,9H,1-2,5H2. The zero-order valence-electron chi connectivity index (χ0n) is 10.4. The zero-order valence-corrected chi connectivity index (χ0v) is 10.4. The van der Waals surface area contributed by atoms with Crippen LogP contribution in [0.5, 0.6) is 0 Å². The van der Waals surface area contributed by atoms with E-state index in [1.165, 1.54) is 6.33 Å². The Kier molecular flexibility index (Phi) is 2.99. The van der Waals surface area contributed by atoms with Gasteiger partial charge >= 0.3 is 6.18 Å². The Morgan fingerprint density at radius 2 is 2.05 bits per heavy atom. The molecular formula is C13H11F4N3. The van der Waals surface area contributed by atoms with E-state index in [1.807, 2.05) is 0 Å². The van der Waals surface area contributed by atoms with Crippen LogP contribution in [0.3, 0.4) is 0 Å². The van der Waals surface area contributed by atoms with E-state index in [0.717, 1.165) is 18.2 Å². The third-order valence-electron chi connectivity index (χ3n) is 3.51. The highest BCUT2D eigenvalue weighted by Crippen LogP contribution is 2.40. The summed E-state index contributed by atoms with van der Waals surface area (Å²) in [5.41, 5.74) is -0.869. The van der Waals surface area contributed by atoms with Crippen LogP contribution in [0, 0.1) is 5.82 Å². The summed E-state index contributed by atoms with van der Waals surface area (Å²) in [7, 11) is 0. The van der Waals surface area contributed by atoms with Crippen LogP contribution in [-0.4, -0.2) is 14.8 Å². The minimum absolute atomic E-state index is 0.0635. The number of hydrogen-bond donors (Lipinski definition) is 0. The predicted octanol–water partition coefficient (Wildman–Crippen LogP) is 3.36. The van der Waals surface area contributed by atoms with Crippen molar-refractivity contribution in [1.29, 1.82) is 0 Å². The lowest BCUT2D eigenvalue weighted by atomic mass is 9.87. The van der Waals surface area contributed by atoms with E-state index >= 15 is 0 Å². The van der Waals surface area contributed by atoms with Gasteiger partial charge in [-0.05, 0) is 36.6 Å². The molecule has 1 atom stereocenters. The molecule has 0 fully saturated rings. The van der Waals surface area contributed by atoms with E-state index in [9.17, 15) is 17.6 Å². The molecule has 3 nitrogen and oxygen atoms in total. The molecule has 1 unspecified atom stereocenters. The molecule has 0 radical (unpaired) electrons. The van der Waals surface area contributed by atoms with Crippen molar-refractivity contribution < 1.29 is 17.6 Å². The van der Waals surface area contributed by atoms with Crippen molar-refractivity contribution in [2.75, 3.05) is 0 Å². The first kappa shape index (κ1) is 13.1. The van der Waals surface area contributed by atoms with E-state index in [1.54, 1.807) is 4.68 Å². The lowest BCUT2D eigenvalue weighted by Gasteiger charge is -2.25. The molecule has 0 saturated carbocycles. The minimum Gasteiger partial charge on any atom is -0.249 e. The summed E-state index contributed by atoms with van der Waals surface area (Å²) in [6.45, 7) is 0.627. The molecule has 2 heterocycles. The summed E-state index contributed by atoms with van der Waals surface area (Å²) >= 11 is 0. The van der Waals surface area contributed by atoms with Crippen molar-refractivity contribution in [2.45, 2.75) is 31.5 Å². The summed E-state index contributed by atoms with van der Waals surface area (Å²) in [4.78, 5) is 4.03. The maximum atomic E-state index is 13.4. The second-order valence-electron chi connectivity index (χ2n) is 4.77. The van der Waals surface area contributed by atoms with E-state index in [4.69, 9.17) is 0 Å². The minimum atomic E-state index is -4.51. The molecule has 1 aliphatic heterocycles. The SMILES string of the molecule is Fc1ccc(C(F)(F)F)c(C2CCCn3ncnc32)c1. The van der Waals surface area contributed by atoms with Crippen LogP contribution in [0.15, 0.2) is 24.5 Å². The lowest BCUT2D eigenvalue weighted by molar-refractivity contribution is -0.138. The highest BCUT2D eigenvalue weighted by molar-refractivity contribution is 5.37. The number of hydrogen-bond acceptors (Lipinski definition) is 2. The van der Waals surface area contributed by atoms with Crippen molar-refractivity contribution in [3.05, 3.63) is 47.3 Å². The Labute approximate surface area is 112 Å². The molecule has 0 saturated heterocycles. The number of rotatable bonds is 1. The van der Waals surface area contributed by atoms with E-state index in [2.05, 4.69) is 10.1 Å². The van der Waals surface area contributed by atoms with Crippen LogP contribution in [0.4, 0.5) is 17.6 Å². The van der Waals surface area contributed by atoms with Crippen LogP contribution in [0.2, 0.25) is 0 Å². The third kappa shape index (κ3) is 2.17. The molecule has 1 aliphatic rings. The fraction of sp³-hybridized carbons (Fsp3) is 0.385. The van der Waals surface area contributed by atoms with Crippen molar-refractivity contribution in [2.24, 2.45) is 0 Å². The van der Waals surface area contributed by atoms with E-state index in [-0.39, 0.29) is 5.56 Å². The molecule has 1 aromatic carbocycles. The van der Waals surface area contributed by atoms with Crippen molar-refractivity contribution >= 4 is 0 Å². The summed E-state index contributed by atoms with van der Waals surface area (Å²) in [5.74, 6) is -0.782. The average molecular weight is 285 g/mol. The lowest BCUT2D eigenvalue weighted by Crippen LogP contribution is -2.21. The van der Waals surface area contributed by atoms with Gasteiger partial charge in [0.15, 0.2) is 0 Å². The molecule has 7 heteroatoms. The van der Waals surface area contributed by atoms with Crippen LogP contribution >= 0.6 is 0 Å². The van der Waals surface area contributed by atoms with Crippen LogP contribution in [0.1, 0.15) is 35.7 Å². The highest BCUT2D eigenvalue weighted by Gasteiger charge is 2.37. The quantitative estimate of drug-likeness (QED) is 0.752. The first-order chi connectivity index (χ1) is 9.47. The van der Waals surface area contributed by atoms with Gasteiger partial charge in [0.2, 0.25) is 0 Å². The molecule has 20 heavy (non-hydrogen) atoms. The second kappa shape index (κ2) is 4.57. The van der Waals surface area contributed by atoms with Gasteiger partial charge in [-0.3, -0.25) is 0 Å². The Hall–Kier alpha value is -1.92. The molecular weight excluding hydrogens is 274 g/mol. The third-order valence-corrected chi connectivity index (χ3v) is 3.51. The second-order valence-corrected chi connectivity index (χ2v) is 4.77. The largest absolute Gasteiger partial charge is 0.416 e. The molecule has 0 bridgehead atoms. The van der Waals surface area contributed by atoms with E-state index in [0.29, 0.717) is 25.2 Å². The normalized spacial score (nSPS) is 18.9. The number of fused-ring (bicyclic) bond motifs is 1. The van der Waals surface area contributed by atoms with Crippen molar-refractivity contribution in [1.82, 2.24) is 14.8 Å². The van der Waals surface area contributed by atoms with Gasteiger partial charge in [0.25, 0.3) is 0 Å². The molecule has 1 aromatic heterocycles. The molecule has 0 amide bonds. The molecule has 0 aliphatic carbocycles. The summed E-state index contributed by atoms with van der Waals surface area (Å²) in [5, 5.41) is 3.98. The van der Waals surface area contributed by atoms with Gasteiger partial charge < -0.3 is 0 Å². The average Bonchev–Trinajstić information content (AvgIpc) is 2.85. The predicted molar refractivity (Wildman–Crippen MR) is 62.5 cm³/mol. The molecule has 0 N–H and O–H groups in total. The molecule has 2 aromatic rings. The van der Waals surface area contributed by atoms with Gasteiger partial charge in [0, 0.05) is 12.5 Å². The Bertz CT molecular complexity index is 633. The first-order valence-electron chi connectivity index (χ1n) is 6.21. The van der Waals surface area contributed by atoms with Crippen molar-refractivity contribution in [3.63, 3.8) is 0 Å². The number of halogens is 4. The number of alkyl halides is 3. The smallest absolute Gasteiger partial charge is 0.249 e. The van der Waals surface area contributed by atoms with Crippen LogP contribution in [0.25, 0.3) is 0 Å². The van der Waals surface area contributed by atoms with Gasteiger partial charge in [0.05, 0.1) is 5.56 Å². The number of benzene rings is 1. The Morgan fingerprint density at radius 3 is 2.80 bits per heavy atom. The zero-order chi connectivity index (χ0) is 14.3. The van der Waals surface area contributed by atoms with Crippen LogP contribution in [-0.2, 0) is 12.7 Å². The summed E-state index contributed by atoms with van der Waals surface area (Å²) < 4.78 is 54.2. The van der Waals surface area contributed by atoms with Gasteiger partial charge in [-0.15, -0.1) is 0 Å². The monoisotopic (exact) mass is 285 g/mol. The maximum Gasteiger partial charge on any atom is 0.416 e. The number of aromatic nitrogens is 3. The Morgan fingerprint density at radius 1 is 1.25 bits per heavy atom. The van der Waals surface area contributed by atoms with Crippen molar-refractivity contribution in [3.8, 4) is 0 Å². The van der Waals surface area contributed by atoms with Gasteiger partial charge in [-0.25, -0.2) is 14.1 Å². The maximum absolute atomic E-state index is 13.4.